The molecule has 1 aromatic carbocycles. The summed E-state index contributed by atoms with van der Waals surface area (Å²) in [7, 11) is 3.34. The first-order chi connectivity index (χ1) is 23.6. The van der Waals surface area contributed by atoms with Crippen molar-refractivity contribution in [2.75, 3.05) is 33.3 Å². The number of rotatable bonds is 7. The fraction of sp³-hybridized carbons (Fsp3) is 0.361. The lowest BCUT2D eigenvalue weighted by molar-refractivity contribution is -0.142. The van der Waals surface area contributed by atoms with E-state index < -0.39 is 17.3 Å². The molecule has 49 heavy (non-hydrogen) atoms. The molecular weight excluding hydrogens is 647 g/mol. The fourth-order valence-electron chi connectivity index (χ4n) is 7.06. The Balaban J connectivity index is 1.05. The molecule has 2 saturated heterocycles. The molecule has 2 aliphatic heterocycles. The maximum Gasteiger partial charge on any atom is 0.266 e. The number of carbonyl (C=O) groups excluding carboxylic acids is 2. The molecule has 4 aromatic heterocycles. The predicted molar refractivity (Wildman–Crippen MR) is 183 cm³/mol. The van der Waals surface area contributed by atoms with Gasteiger partial charge in [0.25, 0.3) is 11.5 Å². The summed E-state index contributed by atoms with van der Waals surface area (Å²) in [6.07, 6.45) is 5.89. The van der Waals surface area contributed by atoms with Crippen molar-refractivity contribution in [2.45, 2.75) is 37.3 Å². The van der Waals surface area contributed by atoms with Gasteiger partial charge >= 0.3 is 0 Å². The molecule has 254 valence electrons. The van der Waals surface area contributed by atoms with Gasteiger partial charge in [0, 0.05) is 74.0 Å². The Morgan fingerprint density at radius 2 is 1.84 bits per heavy atom. The number of amides is 2. The van der Waals surface area contributed by atoms with Crippen molar-refractivity contribution in [1.82, 2.24) is 28.9 Å². The van der Waals surface area contributed by atoms with Gasteiger partial charge in [-0.1, -0.05) is 30.3 Å². The summed E-state index contributed by atoms with van der Waals surface area (Å²) in [4.78, 5) is 53.6. The third-order valence-electron chi connectivity index (χ3n) is 9.88. The number of fused-ring (bicyclic) bond motifs is 1. The summed E-state index contributed by atoms with van der Waals surface area (Å²) in [6, 6.07) is 16.2. The lowest BCUT2D eigenvalue weighted by Crippen LogP contribution is -2.53. The van der Waals surface area contributed by atoms with Gasteiger partial charge in [0.05, 0.1) is 24.6 Å². The SMILES string of the molecule is COc1ccc(-c2cc(F)c(C(=O)N3CC[C@@H](C(=O)N4CCC(O)(Cn5cnc6c(ccn6C)c5=O)CC4)[C@H](c4ccccc4)C3)s2)cn1. The average molecular weight is 685 g/mol. The van der Waals surface area contributed by atoms with E-state index in [0.717, 1.165) is 16.9 Å². The first-order valence-electron chi connectivity index (χ1n) is 16.3. The van der Waals surface area contributed by atoms with Gasteiger partial charge in [-0.3, -0.25) is 19.0 Å². The number of hydrogen-bond donors (Lipinski definition) is 1. The molecule has 11 nitrogen and oxygen atoms in total. The van der Waals surface area contributed by atoms with Gasteiger partial charge in [-0.05, 0) is 43.0 Å². The monoisotopic (exact) mass is 684 g/mol. The third-order valence-corrected chi connectivity index (χ3v) is 11.0. The molecule has 5 aromatic rings. The Bertz CT molecular complexity index is 2050. The van der Waals surface area contributed by atoms with Crippen molar-refractivity contribution in [3.8, 4) is 16.3 Å². The van der Waals surface area contributed by atoms with Gasteiger partial charge in [0.15, 0.2) is 0 Å². The first-order valence-corrected chi connectivity index (χ1v) is 17.1. The Labute approximate surface area is 286 Å². The number of ether oxygens (including phenoxy) is 1. The molecule has 2 fully saturated rings. The maximum absolute atomic E-state index is 15.2. The average Bonchev–Trinajstić information content (AvgIpc) is 3.71. The summed E-state index contributed by atoms with van der Waals surface area (Å²) in [5.41, 5.74) is 0.841. The quantitative estimate of drug-likeness (QED) is 0.271. The van der Waals surface area contributed by atoms with Crippen LogP contribution in [0, 0.1) is 11.7 Å². The van der Waals surface area contributed by atoms with E-state index in [2.05, 4.69) is 9.97 Å². The third kappa shape index (κ3) is 6.35. The second kappa shape index (κ2) is 13.2. The van der Waals surface area contributed by atoms with Crippen molar-refractivity contribution >= 4 is 34.2 Å². The molecule has 7 rings (SSSR count). The van der Waals surface area contributed by atoms with Crippen LogP contribution >= 0.6 is 11.3 Å². The number of aromatic nitrogens is 4. The number of aryl methyl sites for hydroxylation is 1. The van der Waals surface area contributed by atoms with Crippen LogP contribution < -0.4 is 10.3 Å². The van der Waals surface area contributed by atoms with Crippen molar-refractivity contribution in [3.05, 3.63) is 99.9 Å². The van der Waals surface area contributed by atoms with Crippen LogP contribution in [-0.2, 0) is 18.4 Å². The number of benzene rings is 1. The van der Waals surface area contributed by atoms with E-state index in [0.29, 0.717) is 66.3 Å². The number of hydrogen-bond acceptors (Lipinski definition) is 8. The molecule has 0 radical (unpaired) electrons. The number of piperidine rings is 2. The molecule has 2 amide bonds. The summed E-state index contributed by atoms with van der Waals surface area (Å²) < 4.78 is 23.6. The van der Waals surface area contributed by atoms with Gasteiger partial charge in [-0.25, -0.2) is 14.4 Å². The Kier molecular flexibility index (Phi) is 8.80. The minimum atomic E-state index is -1.16. The van der Waals surface area contributed by atoms with Crippen molar-refractivity contribution in [1.29, 1.82) is 0 Å². The summed E-state index contributed by atoms with van der Waals surface area (Å²) in [5.74, 6) is -1.25. The highest BCUT2D eigenvalue weighted by molar-refractivity contribution is 7.17. The number of aliphatic hydroxyl groups is 1. The van der Waals surface area contributed by atoms with Crippen molar-refractivity contribution < 1.29 is 23.8 Å². The number of thiophene rings is 1. The highest BCUT2D eigenvalue weighted by Gasteiger charge is 2.42. The van der Waals surface area contributed by atoms with Gasteiger partial charge < -0.3 is 24.2 Å². The number of nitrogens with zero attached hydrogens (tertiary/aromatic N) is 6. The molecule has 2 atom stereocenters. The molecule has 1 N–H and O–H groups in total. The minimum Gasteiger partial charge on any atom is -0.481 e. The van der Waals surface area contributed by atoms with E-state index in [1.54, 1.807) is 45.0 Å². The zero-order valence-corrected chi connectivity index (χ0v) is 28.1. The molecule has 2 aliphatic rings. The van der Waals surface area contributed by atoms with E-state index in [9.17, 15) is 19.5 Å². The Morgan fingerprint density at radius 3 is 2.55 bits per heavy atom. The Hall–Kier alpha value is -4.88. The second-order valence-electron chi connectivity index (χ2n) is 12.9. The Morgan fingerprint density at radius 1 is 1.06 bits per heavy atom. The van der Waals surface area contributed by atoms with Crippen LogP contribution in [0.4, 0.5) is 4.39 Å². The predicted octanol–water partition coefficient (Wildman–Crippen LogP) is 4.31. The van der Waals surface area contributed by atoms with Crippen LogP contribution in [0.5, 0.6) is 5.88 Å². The van der Waals surface area contributed by atoms with Gasteiger partial charge in [0.1, 0.15) is 22.7 Å². The zero-order valence-electron chi connectivity index (χ0n) is 27.3. The van der Waals surface area contributed by atoms with Crippen LogP contribution in [0.25, 0.3) is 21.5 Å². The largest absolute Gasteiger partial charge is 0.481 e. The van der Waals surface area contributed by atoms with Crippen LogP contribution in [0.15, 0.2) is 78.1 Å². The second-order valence-corrected chi connectivity index (χ2v) is 14.0. The lowest BCUT2D eigenvalue weighted by Gasteiger charge is -2.43. The minimum absolute atomic E-state index is 0.0239. The van der Waals surface area contributed by atoms with E-state index >= 15 is 4.39 Å². The van der Waals surface area contributed by atoms with Crippen molar-refractivity contribution in [2.24, 2.45) is 13.0 Å². The normalized spacial score (nSPS) is 19.3. The van der Waals surface area contributed by atoms with Gasteiger partial charge in [-0.15, -0.1) is 11.3 Å². The van der Waals surface area contributed by atoms with E-state index in [1.165, 1.54) is 24.1 Å². The highest BCUT2D eigenvalue weighted by Crippen LogP contribution is 2.38. The summed E-state index contributed by atoms with van der Waals surface area (Å²) in [5, 5.41) is 12.0. The standard InChI is InChI=1S/C36H37FN6O5S/c1-40-14-10-26-32(40)39-22-43(34(26)45)21-36(47)12-16-41(17-13-36)33(44)25-11-15-42(20-27(25)23-6-4-3-5-7-23)35(46)31-28(37)18-29(49-31)24-8-9-30(48-2)38-19-24/h3-10,14,18-19,22,25,27,47H,11-13,15-17,20-21H2,1-2H3/t25-,27+/m1/s1. The molecular formula is C36H37FN6O5S. The van der Waals surface area contributed by atoms with E-state index in [-0.39, 0.29) is 41.3 Å². The molecule has 0 unspecified atom stereocenters. The molecule has 0 bridgehead atoms. The highest BCUT2D eigenvalue weighted by atomic mass is 32.1. The summed E-state index contributed by atoms with van der Waals surface area (Å²) in [6.45, 7) is 1.36. The summed E-state index contributed by atoms with van der Waals surface area (Å²) >= 11 is 1.09. The molecule has 13 heteroatoms. The van der Waals surface area contributed by atoms with Gasteiger partial charge in [-0.2, -0.15) is 0 Å². The lowest BCUT2D eigenvalue weighted by atomic mass is 9.79. The number of carbonyl (C=O) groups is 2. The topological polar surface area (TPSA) is 123 Å². The number of halogens is 1. The molecule has 0 spiro atoms. The van der Waals surface area contributed by atoms with Crippen LogP contribution in [0.3, 0.4) is 0 Å². The van der Waals surface area contributed by atoms with E-state index in [1.807, 2.05) is 37.4 Å². The first kappa shape index (κ1) is 32.7. The van der Waals surface area contributed by atoms with Gasteiger partial charge in [0.2, 0.25) is 11.8 Å². The number of likely N-dealkylation sites (tertiary alicyclic amines) is 2. The smallest absolute Gasteiger partial charge is 0.266 e. The van der Waals surface area contributed by atoms with Crippen LogP contribution in [-0.4, -0.2) is 84.7 Å². The zero-order chi connectivity index (χ0) is 34.3. The molecule has 6 heterocycles. The molecule has 0 saturated carbocycles. The molecule has 0 aliphatic carbocycles. The number of methoxy groups -OCH3 is 1. The fourth-order valence-corrected chi connectivity index (χ4v) is 8.06. The van der Waals surface area contributed by atoms with Crippen LogP contribution in [0.1, 0.15) is 40.4 Å². The maximum atomic E-state index is 15.2. The van der Waals surface area contributed by atoms with Crippen LogP contribution in [0.2, 0.25) is 0 Å². The van der Waals surface area contributed by atoms with Crippen molar-refractivity contribution in [3.63, 3.8) is 0 Å². The number of pyridine rings is 1. The van der Waals surface area contributed by atoms with E-state index in [4.69, 9.17) is 4.74 Å².